The second-order valence-corrected chi connectivity index (χ2v) is 2.75. The molecule has 0 saturated heterocycles. The minimum Gasteiger partial charge on any atom is -0.472 e. The van der Waals surface area contributed by atoms with Gasteiger partial charge >= 0.3 is 0 Å². The lowest BCUT2D eigenvalue weighted by Crippen LogP contribution is -2.27. The highest BCUT2D eigenvalue weighted by Gasteiger charge is 2.14. The van der Waals surface area contributed by atoms with Crippen LogP contribution < -0.4 is 5.32 Å². The van der Waals surface area contributed by atoms with Gasteiger partial charge in [-0.05, 0) is 13.0 Å². The van der Waals surface area contributed by atoms with Crippen molar-refractivity contribution in [2.45, 2.75) is 13.0 Å². The number of furan rings is 1. The third kappa shape index (κ3) is 1.13. The van der Waals surface area contributed by atoms with E-state index in [1.807, 2.05) is 6.07 Å². The van der Waals surface area contributed by atoms with E-state index < -0.39 is 0 Å². The van der Waals surface area contributed by atoms with E-state index in [0.717, 1.165) is 17.9 Å². The van der Waals surface area contributed by atoms with Crippen LogP contribution in [-0.2, 0) is 0 Å². The van der Waals surface area contributed by atoms with Gasteiger partial charge < -0.3 is 9.73 Å². The molecule has 1 aromatic rings. The fourth-order valence-corrected chi connectivity index (χ4v) is 1.13. The van der Waals surface area contributed by atoms with E-state index in [1.165, 1.54) is 0 Å². The standard InChI is InChI=1S/C8H10N2O/c1-6-4-9-8(10-6)7-2-3-11-5-7/h2-3,5-6H,4H2,1H3,(H,9,10). The lowest BCUT2D eigenvalue weighted by Gasteiger charge is -2.02. The van der Waals surface area contributed by atoms with Gasteiger partial charge in [0, 0.05) is 6.04 Å². The van der Waals surface area contributed by atoms with E-state index in [9.17, 15) is 0 Å². The molecule has 2 rings (SSSR count). The Labute approximate surface area is 65.1 Å². The first-order valence-corrected chi connectivity index (χ1v) is 3.70. The Hall–Kier alpha value is -1.25. The molecule has 0 aliphatic carbocycles. The Morgan fingerprint density at radius 2 is 2.64 bits per heavy atom. The van der Waals surface area contributed by atoms with Crippen LogP contribution in [0.25, 0.3) is 0 Å². The van der Waals surface area contributed by atoms with E-state index in [-0.39, 0.29) is 0 Å². The van der Waals surface area contributed by atoms with Crippen LogP contribution >= 0.6 is 0 Å². The van der Waals surface area contributed by atoms with Crippen LogP contribution in [0.2, 0.25) is 0 Å². The van der Waals surface area contributed by atoms with Crippen molar-refractivity contribution in [1.82, 2.24) is 5.32 Å². The van der Waals surface area contributed by atoms with Crippen molar-refractivity contribution in [3.63, 3.8) is 0 Å². The molecule has 11 heavy (non-hydrogen) atoms. The van der Waals surface area contributed by atoms with Gasteiger partial charge in [0.2, 0.25) is 0 Å². The van der Waals surface area contributed by atoms with Crippen LogP contribution in [0.4, 0.5) is 0 Å². The summed E-state index contributed by atoms with van der Waals surface area (Å²) >= 11 is 0. The predicted octanol–water partition coefficient (Wildman–Crippen LogP) is 1.02. The van der Waals surface area contributed by atoms with Gasteiger partial charge in [-0.3, -0.25) is 4.99 Å². The van der Waals surface area contributed by atoms with Crippen molar-refractivity contribution in [3.05, 3.63) is 24.2 Å². The summed E-state index contributed by atoms with van der Waals surface area (Å²) in [5, 5.41) is 3.25. The molecule has 0 radical (unpaired) electrons. The quantitative estimate of drug-likeness (QED) is 0.649. The van der Waals surface area contributed by atoms with Crippen molar-refractivity contribution in [2.24, 2.45) is 4.99 Å². The van der Waals surface area contributed by atoms with Crippen molar-refractivity contribution in [3.8, 4) is 0 Å². The number of nitrogens with zero attached hydrogens (tertiary/aromatic N) is 1. The summed E-state index contributed by atoms with van der Waals surface area (Å²) in [5.74, 6) is 0.950. The van der Waals surface area contributed by atoms with Gasteiger partial charge in [-0.25, -0.2) is 0 Å². The van der Waals surface area contributed by atoms with E-state index >= 15 is 0 Å². The zero-order chi connectivity index (χ0) is 7.68. The maximum atomic E-state index is 4.94. The molecule has 1 aliphatic heterocycles. The van der Waals surface area contributed by atoms with Gasteiger partial charge in [-0.2, -0.15) is 0 Å². The largest absolute Gasteiger partial charge is 0.472 e. The van der Waals surface area contributed by atoms with Gasteiger partial charge in [0.05, 0.1) is 18.4 Å². The number of hydrogen-bond acceptors (Lipinski definition) is 3. The molecule has 1 aliphatic rings. The molecular weight excluding hydrogens is 140 g/mol. The molecule has 1 unspecified atom stereocenters. The van der Waals surface area contributed by atoms with Gasteiger partial charge in [-0.1, -0.05) is 0 Å². The zero-order valence-electron chi connectivity index (χ0n) is 6.37. The topological polar surface area (TPSA) is 37.5 Å². The molecule has 58 valence electrons. The monoisotopic (exact) mass is 150 g/mol. The number of hydrogen-bond donors (Lipinski definition) is 1. The molecule has 2 heterocycles. The maximum Gasteiger partial charge on any atom is 0.131 e. The Kier molecular flexibility index (Phi) is 1.42. The molecule has 0 amide bonds. The molecule has 0 saturated carbocycles. The molecule has 0 bridgehead atoms. The lowest BCUT2D eigenvalue weighted by molar-refractivity contribution is 0.566. The van der Waals surface area contributed by atoms with Crippen LogP contribution in [0.3, 0.4) is 0 Å². The first kappa shape index (κ1) is 6.46. The van der Waals surface area contributed by atoms with Crippen LogP contribution in [0.5, 0.6) is 0 Å². The van der Waals surface area contributed by atoms with E-state index in [0.29, 0.717) is 6.04 Å². The highest BCUT2D eigenvalue weighted by molar-refractivity contribution is 5.99. The molecule has 1 atom stereocenters. The Balaban J connectivity index is 2.19. The maximum absolute atomic E-state index is 4.94. The number of aliphatic imine (C=N–C) groups is 1. The number of rotatable bonds is 1. The Morgan fingerprint density at radius 1 is 1.73 bits per heavy atom. The van der Waals surface area contributed by atoms with E-state index in [2.05, 4.69) is 17.2 Å². The molecule has 0 fully saturated rings. The van der Waals surface area contributed by atoms with Crippen LogP contribution in [-0.4, -0.2) is 18.4 Å². The SMILES string of the molecule is CC1CN=C(c2ccoc2)N1. The average Bonchev–Trinajstić information content (AvgIpc) is 2.55. The van der Waals surface area contributed by atoms with Crippen molar-refractivity contribution < 1.29 is 4.42 Å². The van der Waals surface area contributed by atoms with Crippen molar-refractivity contribution in [1.29, 1.82) is 0 Å². The van der Waals surface area contributed by atoms with Gasteiger partial charge in [-0.15, -0.1) is 0 Å². The summed E-state index contributed by atoms with van der Waals surface area (Å²) in [5.41, 5.74) is 1.04. The molecule has 1 N–H and O–H groups in total. The van der Waals surface area contributed by atoms with Crippen molar-refractivity contribution >= 4 is 5.84 Å². The normalized spacial score (nSPS) is 23.0. The van der Waals surface area contributed by atoms with E-state index in [1.54, 1.807) is 12.5 Å². The summed E-state index contributed by atoms with van der Waals surface area (Å²) < 4.78 is 4.94. The first-order valence-electron chi connectivity index (χ1n) is 3.70. The predicted molar refractivity (Wildman–Crippen MR) is 42.7 cm³/mol. The van der Waals surface area contributed by atoms with Crippen LogP contribution in [0.1, 0.15) is 12.5 Å². The molecular formula is C8H10N2O. The summed E-state index contributed by atoms with van der Waals surface area (Å²) in [6, 6.07) is 2.36. The number of nitrogens with one attached hydrogen (secondary N) is 1. The summed E-state index contributed by atoms with van der Waals surface area (Å²) in [7, 11) is 0. The Morgan fingerprint density at radius 3 is 3.18 bits per heavy atom. The molecule has 3 heteroatoms. The first-order chi connectivity index (χ1) is 5.36. The highest BCUT2D eigenvalue weighted by Crippen LogP contribution is 2.05. The van der Waals surface area contributed by atoms with Crippen LogP contribution in [0, 0.1) is 0 Å². The lowest BCUT2D eigenvalue weighted by atomic mass is 10.3. The molecule has 0 spiro atoms. The molecule has 1 aromatic heterocycles. The zero-order valence-corrected chi connectivity index (χ0v) is 6.37. The second-order valence-electron chi connectivity index (χ2n) is 2.75. The molecule has 3 nitrogen and oxygen atoms in total. The third-order valence-corrected chi connectivity index (χ3v) is 1.70. The summed E-state index contributed by atoms with van der Waals surface area (Å²) in [4.78, 5) is 4.30. The van der Waals surface area contributed by atoms with E-state index in [4.69, 9.17) is 4.42 Å². The Bertz CT molecular complexity index is 264. The second kappa shape index (κ2) is 2.42. The summed E-state index contributed by atoms with van der Waals surface area (Å²) in [6.07, 6.45) is 3.35. The smallest absolute Gasteiger partial charge is 0.131 e. The van der Waals surface area contributed by atoms with Crippen LogP contribution in [0.15, 0.2) is 28.0 Å². The molecule has 0 aromatic carbocycles. The van der Waals surface area contributed by atoms with Gasteiger partial charge in [0.1, 0.15) is 12.1 Å². The summed E-state index contributed by atoms with van der Waals surface area (Å²) in [6.45, 7) is 2.97. The fraction of sp³-hybridized carbons (Fsp3) is 0.375. The minimum atomic E-state index is 0.458. The average molecular weight is 150 g/mol. The third-order valence-electron chi connectivity index (χ3n) is 1.70. The minimum absolute atomic E-state index is 0.458. The number of amidine groups is 1. The van der Waals surface area contributed by atoms with Crippen molar-refractivity contribution in [2.75, 3.05) is 6.54 Å². The fourth-order valence-electron chi connectivity index (χ4n) is 1.13. The van der Waals surface area contributed by atoms with Gasteiger partial charge in [0.25, 0.3) is 0 Å². The highest BCUT2D eigenvalue weighted by atomic mass is 16.3. The van der Waals surface area contributed by atoms with Gasteiger partial charge in [0.15, 0.2) is 0 Å².